The molecule has 0 atom stereocenters. The van der Waals surface area contributed by atoms with Crippen LogP contribution in [0.4, 0.5) is 14.5 Å². The number of rotatable bonds is 6. The molecule has 164 valence electrons. The van der Waals surface area contributed by atoms with E-state index in [2.05, 4.69) is 25.5 Å². The van der Waals surface area contributed by atoms with Gasteiger partial charge in [-0.1, -0.05) is 6.07 Å². The normalized spacial score (nSPS) is 11.1. The summed E-state index contributed by atoms with van der Waals surface area (Å²) in [6, 6.07) is 16.0. The van der Waals surface area contributed by atoms with E-state index in [1.54, 1.807) is 30.5 Å². The number of anilines is 1. The number of benzene rings is 2. The number of aromatic amines is 2. The van der Waals surface area contributed by atoms with Gasteiger partial charge in [0.05, 0.1) is 17.6 Å². The largest absolute Gasteiger partial charge is 0.354 e. The Balaban J connectivity index is 1.40. The van der Waals surface area contributed by atoms with Gasteiger partial charge in [-0.3, -0.25) is 14.9 Å². The number of nitrogens with one attached hydrogen (secondary N) is 3. The Hall–Kier alpha value is -4.33. The standard InChI is InChI=1S/C25H19F2N5O/c26-16-6-4-15(5-7-16)24-18(19-13-17(27)8-10-20(19)31-24)9-11-23(33)30-22-14-29-32-25(22)21-3-1-2-12-28-21/h1-8,10,12-14,31H,9,11H2,(H,29,32)(H,30,33). The first-order valence-electron chi connectivity index (χ1n) is 10.4. The summed E-state index contributed by atoms with van der Waals surface area (Å²) >= 11 is 0. The Morgan fingerprint density at radius 2 is 1.79 bits per heavy atom. The fourth-order valence-corrected chi connectivity index (χ4v) is 3.88. The van der Waals surface area contributed by atoms with Gasteiger partial charge in [-0.15, -0.1) is 0 Å². The summed E-state index contributed by atoms with van der Waals surface area (Å²) < 4.78 is 27.4. The van der Waals surface area contributed by atoms with Crippen LogP contribution >= 0.6 is 0 Å². The highest BCUT2D eigenvalue weighted by molar-refractivity contribution is 5.95. The summed E-state index contributed by atoms with van der Waals surface area (Å²) in [4.78, 5) is 20.3. The van der Waals surface area contributed by atoms with Crippen molar-refractivity contribution in [2.45, 2.75) is 12.8 Å². The van der Waals surface area contributed by atoms with Crippen LogP contribution in [0.5, 0.6) is 0 Å². The minimum Gasteiger partial charge on any atom is -0.354 e. The number of aryl methyl sites for hydroxylation is 1. The van der Waals surface area contributed by atoms with Gasteiger partial charge < -0.3 is 10.3 Å². The highest BCUT2D eigenvalue weighted by atomic mass is 19.1. The molecule has 0 radical (unpaired) electrons. The second-order valence-corrected chi connectivity index (χ2v) is 7.60. The summed E-state index contributed by atoms with van der Waals surface area (Å²) in [5.41, 5.74) is 4.85. The number of pyridine rings is 1. The lowest BCUT2D eigenvalue weighted by molar-refractivity contribution is -0.116. The topological polar surface area (TPSA) is 86.5 Å². The average molecular weight is 443 g/mol. The number of aromatic nitrogens is 4. The Bertz CT molecular complexity index is 1420. The zero-order valence-electron chi connectivity index (χ0n) is 17.4. The fourth-order valence-electron chi connectivity index (χ4n) is 3.88. The number of hydrogen-bond acceptors (Lipinski definition) is 3. The fraction of sp³-hybridized carbons (Fsp3) is 0.0800. The Kier molecular flexibility index (Phi) is 5.40. The van der Waals surface area contributed by atoms with Gasteiger partial charge in [0.1, 0.15) is 17.3 Å². The molecule has 3 aromatic heterocycles. The van der Waals surface area contributed by atoms with Crippen molar-refractivity contribution < 1.29 is 13.6 Å². The van der Waals surface area contributed by atoms with Crippen molar-refractivity contribution in [3.63, 3.8) is 0 Å². The predicted octanol–water partition coefficient (Wildman–Crippen LogP) is 5.47. The molecule has 0 unspecified atom stereocenters. The molecule has 5 rings (SSSR count). The van der Waals surface area contributed by atoms with Gasteiger partial charge in [0.25, 0.3) is 0 Å². The molecule has 6 nitrogen and oxygen atoms in total. The van der Waals surface area contributed by atoms with Crippen LogP contribution in [0.3, 0.4) is 0 Å². The first-order valence-corrected chi connectivity index (χ1v) is 10.4. The van der Waals surface area contributed by atoms with E-state index in [1.807, 2.05) is 12.1 Å². The molecule has 0 aliphatic carbocycles. The number of hydrogen-bond donors (Lipinski definition) is 3. The zero-order chi connectivity index (χ0) is 22.8. The second kappa shape index (κ2) is 8.66. The molecule has 2 aromatic carbocycles. The summed E-state index contributed by atoms with van der Waals surface area (Å²) in [6.45, 7) is 0. The molecule has 0 bridgehead atoms. The number of carbonyl (C=O) groups is 1. The highest BCUT2D eigenvalue weighted by Crippen LogP contribution is 2.32. The summed E-state index contributed by atoms with van der Waals surface area (Å²) in [5.74, 6) is -0.925. The monoisotopic (exact) mass is 443 g/mol. The molecule has 0 aliphatic heterocycles. The quantitative estimate of drug-likeness (QED) is 0.325. The molecule has 3 heterocycles. The summed E-state index contributed by atoms with van der Waals surface area (Å²) in [6.07, 6.45) is 3.71. The van der Waals surface area contributed by atoms with E-state index in [1.165, 1.54) is 30.5 Å². The molecule has 3 N–H and O–H groups in total. The van der Waals surface area contributed by atoms with Crippen molar-refractivity contribution in [3.8, 4) is 22.6 Å². The van der Waals surface area contributed by atoms with Gasteiger partial charge in [0, 0.05) is 29.2 Å². The highest BCUT2D eigenvalue weighted by Gasteiger charge is 2.17. The number of nitrogens with zero attached hydrogens (tertiary/aromatic N) is 2. The van der Waals surface area contributed by atoms with Crippen LogP contribution < -0.4 is 5.32 Å². The van der Waals surface area contributed by atoms with E-state index in [0.29, 0.717) is 28.9 Å². The van der Waals surface area contributed by atoms with Gasteiger partial charge in [0.2, 0.25) is 5.91 Å². The van der Waals surface area contributed by atoms with Gasteiger partial charge in [0.15, 0.2) is 0 Å². The van der Waals surface area contributed by atoms with Crippen molar-refractivity contribution in [1.82, 2.24) is 20.2 Å². The lowest BCUT2D eigenvalue weighted by Crippen LogP contribution is -2.12. The number of H-pyrrole nitrogens is 2. The maximum absolute atomic E-state index is 14.0. The third-order valence-corrected chi connectivity index (χ3v) is 5.44. The van der Waals surface area contributed by atoms with E-state index >= 15 is 0 Å². The molecule has 8 heteroatoms. The third kappa shape index (κ3) is 4.23. The van der Waals surface area contributed by atoms with Crippen molar-refractivity contribution in [3.05, 3.63) is 90.3 Å². The van der Waals surface area contributed by atoms with Gasteiger partial charge >= 0.3 is 0 Å². The minimum atomic E-state index is -0.365. The number of amides is 1. The molecule has 0 fully saturated rings. The second-order valence-electron chi connectivity index (χ2n) is 7.60. The first-order chi connectivity index (χ1) is 16.1. The number of halogens is 2. The van der Waals surface area contributed by atoms with Crippen molar-refractivity contribution in [2.75, 3.05) is 5.32 Å². The smallest absolute Gasteiger partial charge is 0.224 e. The Labute approximate surface area is 187 Å². The summed E-state index contributed by atoms with van der Waals surface area (Å²) in [5, 5.41) is 10.4. The Morgan fingerprint density at radius 3 is 2.58 bits per heavy atom. The summed E-state index contributed by atoms with van der Waals surface area (Å²) in [7, 11) is 0. The zero-order valence-corrected chi connectivity index (χ0v) is 17.4. The molecule has 0 saturated carbocycles. The Morgan fingerprint density at radius 1 is 0.970 bits per heavy atom. The lowest BCUT2D eigenvalue weighted by atomic mass is 10.0. The van der Waals surface area contributed by atoms with Crippen molar-refractivity contribution in [2.24, 2.45) is 0 Å². The molecule has 5 aromatic rings. The average Bonchev–Trinajstić information content (AvgIpc) is 3.43. The molecule has 0 saturated heterocycles. The van der Waals surface area contributed by atoms with E-state index in [0.717, 1.165) is 22.3 Å². The van der Waals surface area contributed by atoms with Crippen LogP contribution in [-0.2, 0) is 11.2 Å². The third-order valence-electron chi connectivity index (χ3n) is 5.44. The SMILES string of the molecule is O=C(CCc1c(-c2ccc(F)cc2)[nH]c2ccc(F)cc12)Nc1cn[nH]c1-c1ccccn1. The molecule has 0 spiro atoms. The van der Waals surface area contributed by atoms with Gasteiger partial charge in [-0.2, -0.15) is 5.10 Å². The van der Waals surface area contributed by atoms with Crippen LogP contribution in [-0.4, -0.2) is 26.1 Å². The lowest BCUT2D eigenvalue weighted by Gasteiger charge is -2.08. The minimum absolute atomic E-state index is 0.157. The predicted molar refractivity (Wildman–Crippen MR) is 122 cm³/mol. The van der Waals surface area contributed by atoms with Crippen LogP contribution in [0, 0.1) is 11.6 Å². The van der Waals surface area contributed by atoms with Crippen molar-refractivity contribution >= 4 is 22.5 Å². The van der Waals surface area contributed by atoms with E-state index in [9.17, 15) is 13.6 Å². The van der Waals surface area contributed by atoms with Gasteiger partial charge in [-0.05, 0) is 72.1 Å². The van der Waals surface area contributed by atoms with Crippen molar-refractivity contribution in [1.29, 1.82) is 0 Å². The maximum atomic E-state index is 14.0. The molecule has 0 aliphatic rings. The van der Waals surface area contributed by atoms with Gasteiger partial charge in [-0.25, -0.2) is 8.78 Å². The van der Waals surface area contributed by atoms with E-state index in [4.69, 9.17) is 0 Å². The number of carbonyl (C=O) groups excluding carboxylic acids is 1. The molecule has 1 amide bonds. The van der Waals surface area contributed by atoms with Crippen LogP contribution in [0.2, 0.25) is 0 Å². The maximum Gasteiger partial charge on any atom is 0.224 e. The molecular formula is C25H19F2N5O. The first kappa shape index (κ1) is 20.6. The number of fused-ring (bicyclic) bond motifs is 1. The van der Waals surface area contributed by atoms with Crippen LogP contribution in [0.15, 0.2) is 73.1 Å². The van der Waals surface area contributed by atoms with E-state index < -0.39 is 0 Å². The van der Waals surface area contributed by atoms with Crippen LogP contribution in [0.25, 0.3) is 33.5 Å². The van der Waals surface area contributed by atoms with Crippen LogP contribution in [0.1, 0.15) is 12.0 Å². The molecule has 33 heavy (non-hydrogen) atoms. The molecular weight excluding hydrogens is 424 g/mol. The van der Waals surface area contributed by atoms with E-state index in [-0.39, 0.29) is 24.0 Å².